The van der Waals surface area contributed by atoms with Gasteiger partial charge >= 0.3 is 0 Å². The first-order valence-electron chi connectivity index (χ1n) is 8.89. The monoisotopic (exact) mass is 361 g/mol. The molecule has 26 heavy (non-hydrogen) atoms. The molecule has 8 nitrogen and oxygen atoms in total. The van der Waals surface area contributed by atoms with E-state index < -0.39 is 0 Å². The van der Waals surface area contributed by atoms with E-state index in [0.29, 0.717) is 18.1 Å². The number of nitrogens with two attached hydrogens (primary N) is 2. The maximum Gasteiger partial charge on any atom is 0.258 e. The fourth-order valence-corrected chi connectivity index (χ4v) is 2.81. The second kappa shape index (κ2) is 10.3. The van der Waals surface area contributed by atoms with Gasteiger partial charge in [-0.15, -0.1) is 5.10 Å². The van der Waals surface area contributed by atoms with Crippen LogP contribution in [-0.2, 0) is 4.79 Å². The van der Waals surface area contributed by atoms with Crippen molar-refractivity contribution in [2.75, 3.05) is 13.2 Å². The summed E-state index contributed by atoms with van der Waals surface area (Å²) in [5.41, 5.74) is 11.2. The SMILES string of the molecule is CCOc1cc(C=NN=C(N)N)ccc1OCC(=O)NC1CCCCC1. The lowest BCUT2D eigenvalue weighted by atomic mass is 9.95. The molecule has 1 amide bonds. The molecule has 0 heterocycles. The van der Waals surface area contributed by atoms with Crippen LogP contribution in [0.5, 0.6) is 11.5 Å². The molecule has 8 heteroatoms. The Balaban J connectivity index is 1.95. The summed E-state index contributed by atoms with van der Waals surface area (Å²) in [4.78, 5) is 12.1. The van der Waals surface area contributed by atoms with E-state index in [1.54, 1.807) is 18.2 Å². The van der Waals surface area contributed by atoms with Gasteiger partial charge < -0.3 is 26.3 Å². The van der Waals surface area contributed by atoms with Gasteiger partial charge in [-0.25, -0.2) is 0 Å². The zero-order chi connectivity index (χ0) is 18.8. The van der Waals surface area contributed by atoms with E-state index in [4.69, 9.17) is 20.9 Å². The highest BCUT2D eigenvalue weighted by Crippen LogP contribution is 2.28. The average Bonchev–Trinajstić information content (AvgIpc) is 2.62. The fourth-order valence-electron chi connectivity index (χ4n) is 2.81. The molecule has 0 atom stereocenters. The number of ether oxygens (including phenoxy) is 2. The molecule has 0 saturated heterocycles. The molecule has 0 radical (unpaired) electrons. The third-order valence-corrected chi connectivity index (χ3v) is 3.98. The van der Waals surface area contributed by atoms with Crippen LogP contribution in [0.3, 0.4) is 0 Å². The Morgan fingerprint density at radius 1 is 1.23 bits per heavy atom. The number of carbonyl (C=O) groups excluding carboxylic acids is 1. The maximum atomic E-state index is 12.1. The lowest BCUT2D eigenvalue weighted by molar-refractivity contribution is -0.124. The summed E-state index contributed by atoms with van der Waals surface area (Å²) < 4.78 is 11.2. The van der Waals surface area contributed by atoms with Crippen molar-refractivity contribution in [1.29, 1.82) is 0 Å². The number of guanidine groups is 1. The van der Waals surface area contributed by atoms with Crippen molar-refractivity contribution >= 4 is 18.1 Å². The van der Waals surface area contributed by atoms with Crippen LogP contribution in [0.2, 0.25) is 0 Å². The summed E-state index contributed by atoms with van der Waals surface area (Å²) in [6, 6.07) is 5.53. The van der Waals surface area contributed by atoms with Gasteiger partial charge in [-0.05, 0) is 43.5 Å². The predicted molar refractivity (Wildman–Crippen MR) is 102 cm³/mol. The molecule has 0 aromatic heterocycles. The number of hydrogen-bond donors (Lipinski definition) is 3. The van der Waals surface area contributed by atoms with Crippen molar-refractivity contribution in [3.05, 3.63) is 23.8 Å². The van der Waals surface area contributed by atoms with Gasteiger partial charge in [0, 0.05) is 6.04 Å². The normalized spacial score (nSPS) is 14.8. The molecule has 1 fully saturated rings. The van der Waals surface area contributed by atoms with Crippen LogP contribution >= 0.6 is 0 Å². The zero-order valence-electron chi connectivity index (χ0n) is 15.1. The number of benzene rings is 1. The van der Waals surface area contributed by atoms with Crippen molar-refractivity contribution in [3.63, 3.8) is 0 Å². The minimum Gasteiger partial charge on any atom is -0.490 e. The van der Waals surface area contributed by atoms with E-state index in [9.17, 15) is 4.79 Å². The summed E-state index contributed by atoms with van der Waals surface area (Å²) in [5.74, 6) is 0.809. The lowest BCUT2D eigenvalue weighted by Crippen LogP contribution is -2.39. The molecular weight excluding hydrogens is 334 g/mol. The molecule has 2 rings (SSSR count). The number of amides is 1. The van der Waals surface area contributed by atoms with Gasteiger partial charge in [0.2, 0.25) is 5.96 Å². The van der Waals surface area contributed by atoms with Crippen molar-refractivity contribution in [3.8, 4) is 11.5 Å². The summed E-state index contributed by atoms with van der Waals surface area (Å²) >= 11 is 0. The Morgan fingerprint density at radius 2 is 2.00 bits per heavy atom. The Labute approximate surface area is 153 Å². The van der Waals surface area contributed by atoms with Gasteiger partial charge in [-0.1, -0.05) is 19.3 Å². The quantitative estimate of drug-likeness (QED) is 0.368. The number of nitrogens with one attached hydrogen (secondary N) is 1. The second-order valence-corrected chi connectivity index (χ2v) is 6.10. The van der Waals surface area contributed by atoms with Crippen molar-refractivity contribution in [1.82, 2.24) is 5.32 Å². The number of nitrogens with zero attached hydrogens (tertiary/aromatic N) is 2. The van der Waals surface area contributed by atoms with Crippen LogP contribution in [0.4, 0.5) is 0 Å². The second-order valence-electron chi connectivity index (χ2n) is 6.10. The Bertz CT molecular complexity index is 650. The van der Waals surface area contributed by atoms with Crippen LogP contribution in [0.1, 0.15) is 44.6 Å². The summed E-state index contributed by atoms with van der Waals surface area (Å²) in [7, 11) is 0. The van der Waals surface area contributed by atoms with E-state index in [0.717, 1.165) is 18.4 Å². The molecule has 1 saturated carbocycles. The van der Waals surface area contributed by atoms with E-state index in [2.05, 4.69) is 15.5 Å². The van der Waals surface area contributed by atoms with E-state index in [1.807, 2.05) is 6.92 Å². The van der Waals surface area contributed by atoms with Crippen molar-refractivity contribution in [2.24, 2.45) is 21.7 Å². The molecule has 0 spiro atoms. The van der Waals surface area contributed by atoms with Gasteiger partial charge in [0.15, 0.2) is 18.1 Å². The molecule has 0 aliphatic heterocycles. The standard InChI is InChI=1S/C18H27N5O3/c1-2-25-16-10-13(11-21-23-18(19)20)8-9-15(16)26-12-17(24)22-14-6-4-3-5-7-14/h8-11,14H,2-7,12H2,1H3,(H,22,24)(H4,19,20,23). The number of rotatable bonds is 8. The van der Waals surface area contributed by atoms with E-state index in [1.165, 1.54) is 25.5 Å². The first-order valence-corrected chi connectivity index (χ1v) is 8.89. The molecule has 0 unspecified atom stereocenters. The maximum absolute atomic E-state index is 12.1. The third-order valence-electron chi connectivity index (χ3n) is 3.98. The Hall–Kier alpha value is -2.77. The summed E-state index contributed by atoms with van der Waals surface area (Å²) in [6.45, 7) is 2.30. The van der Waals surface area contributed by atoms with Gasteiger partial charge in [-0.3, -0.25) is 4.79 Å². The van der Waals surface area contributed by atoms with Crippen molar-refractivity contribution in [2.45, 2.75) is 45.1 Å². The Kier molecular flexibility index (Phi) is 7.73. The predicted octanol–water partition coefficient (Wildman–Crippen LogP) is 1.52. The van der Waals surface area contributed by atoms with Gasteiger partial charge in [0.1, 0.15) is 0 Å². The van der Waals surface area contributed by atoms with Crippen LogP contribution in [0.15, 0.2) is 28.4 Å². The molecule has 1 aromatic rings. The van der Waals surface area contributed by atoms with Crippen LogP contribution in [0.25, 0.3) is 0 Å². The molecule has 1 aliphatic carbocycles. The van der Waals surface area contributed by atoms with Crippen LogP contribution in [0, 0.1) is 0 Å². The zero-order valence-corrected chi connectivity index (χ0v) is 15.1. The molecule has 0 bridgehead atoms. The van der Waals surface area contributed by atoms with Gasteiger partial charge in [0.05, 0.1) is 12.8 Å². The van der Waals surface area contributed by atoms with Crippen LogP contribution in [-0.4, -0.2) is 37.3 Å². The van der Waals surface area contributed by atoms with E-state index >= 15 is 0 Å². The van der Waals surface area contributed by atoms with E-state index in [-0.39, 0.29) is 24.5 Å². The largest absolute Gasteiger partial charge is 0.490 e. The first kappa shape index (κ1) is 19.6. The Morgan fingerprint density at radius 3 is 2.69 bits per heavy atom. The third kappa shape index (κ3) is 6.62. The van der Waals surface area contributed by atoms with Crippen LogP contribution < -0.4 is 26.3 Å². The molecular formula is C18H27N5O3. The number of carbonyl (C=O) groups is 1. The van der Waals surface area contributed by atoms with Gasteiger partial charge in [-0.2, -0.15) is 5.10 Å². The molecule has 142 valence electrons. The first-order chi connectivity index (χ1) is 12.6. The molecule has 5 N–H and O–H groups in total. The highest BCUT2D eigenvalue weighted by molar-refractivity contribution is 5.82. The smallest absolute Gasteiger partial charge is 0.258 e. The minimum atomic E-state index is -0.116. The van der Waals surface area contributed by atoms with Crippen molar-refractivity contribution < 1.29 is 14.3 Å². The molecule has 1 aromatic carbocycles. The summed E-state index contributed by atoms with van der Waals surface area (Å²) in [5, 5.41) is 10.3. The molecule has 1 aliphatic rings. The van der Waals surface area contributed by atoms with Gasteiger partial charge in [0.25, 0.3) is 5.91 Å². The fraction of sp³-hybridized carbons (Fsp3) is 0.500. The number of hydrogen-bond acceptors (Lipinski definition) is 5. The topological polar surface area (TPSA) is 124 Å². The lowest BCUT2D eigenvalue weighted by Gasteiger charge is -2.22. The minimum absolute atomic E-state index is 0.0436. The summed E-state index contributed by atoms with van der Waals surface area (Å²) in [6.07, 6.45) is 7.17. The highest BCUT2D eigenvalue weighted by atomic mass is 16.5. The average molecular weight is 361 g/mol. The highest BCUT2D eigenvalue weighted by Gasteiger charge is 2.16.